The van der Waals surface area contributed by atoms with E-state index in [1.54, 1.807) is 19.2 Å². The quantitative estimate of drug-likeness (QED) is 0.197. The van der Waals surface area contributed by atoms with Gasteiger partial charge in [-0.2, -0.15) is 0 Å². The molecule has 5 rings (SSSR count). The molecule has 10 heteroatoms. The van der Waals surface area contributed by atoms with Crippen LogP contribution in [-0.4, -0.2) is 56.6 Å². The second-order valence-corrected chi connectivity index (χ2v) is 10.1. The number of carbonyl (C=O) groups is 2. The van der Waals surface area contributed by atoms with E-state index in [0.717, 1.165) is 35.8 Å². The van der Waals surface area contributed by atoms with E-state index in [9.17, 15) is 19.7 Å². The lowest BCUT2D eigenvalue weighted by molar-refractivity contribution is -0.384. The number of hydrogen-bond acceptors (Lipinski definition) is 7. The molecule has 1 heterocycles. The molecule has 2 amide bonds. The van der Waals surface area contributed by atoms with Crippen LogP contribution in [-0.2, 0) is 6.42 Å². The predicted molar refractivity (Wildman–Crippen MR) is 167 cm³/mol. The van der Waals surface area contributed by atoms with E-state index >= 15 is 0 Å². The number of rotatable bonds is 10. The lowest BCUT2D eigenvalue weighted by atomic mass is 10.1. The minimum atomic E-state index is -0.545. The molecule has 0 bridgehead atoms. The molecule has 4 aromatic carbocycles. The van der Waals surface area contributed by atoms with Crippen molar-refractivity contribution in [3.63, 3.8) is 0 Å². The molecule has 1 aliphatic heterocycles. The molecule has 0 saturated carbocycles. The first-order valence-corrected chi connectivity index (χ1v) is 14.1. The first kappa shape index (κ1) is 29.1. The molecule has 4 aromatic rings. The number of methoxy groups -OCH3 is 1. The number of piperazine rings is 1. The van der Waals surface area contributed by atoms with Gasteiger partial charge in [0, 0.05) is 61.8 Å². The van der Waals surface area contributed by atoms with Crippen LogP contribution in [0.2, 0.25) is 0 Å². The SMILES string of the molecule is COc1ccccc1N1CCN(c2ccc(NC(=O)c3cccc([N+](=O)[O-])c3)cc2C(=O)NCCc2ccccc2)CC1. The minimum Gasteiger partial charge on any atom is -0.495 e. The van der Waals surface area contributed by atoms with Crippen molar-refractivity contribution in [1.29, 1.82) is 0 Å². The van der Waals surface area contributed by atoms with Crippen molar-refractivity contribution >= 4 is 34.6 Å². The number of nitro groups is 1. The van der Waals surface area contributed by atoms with Crippen molar-refractivity contribution in [2.45, 2.75) is 6.42 Å². The molecular formula is C33H33N5O5. The van der Waals surface area contributed by atoms with Crippen LogP contribution in [0.3, 0.4) is 0 Å². The van der Waals surface area contributed by atoms with Crippen molar-refractivity contribution in [3.05, 3.63) is 124 Å². The molecule has 220 valence electrons. The van der Waals surface area contributed by atoms with Crippen LogP contribution in [0, 0.1) is 10.1 Å². The third kappa shape index (κ3) is 7.10. The van der Waals surface area contributed by atoms with Gasteiger partial charge in [-0.25, -0.2) is 0 Å². The zero-order valence-corrected chi connectivity index (χ0v) is 23.9. The third-order valence-corrected chi connectivity index (χ3v) is 7.41. The van der Waals surface area contributed by atoms with Crippen molar-refractivity contribution < 1.29 is 19.2 Å². The van der Waals surface area contributed by atoms with Crippen LogP contribution in [0.5, 0.6) is 5.75 Å². The highest BCUT2D eigenvalue weighted by atomic mass is 16.6. The van der Waals surface area contributed by atoms with Gasteiger partial charge in [0.25, 0.3) is 17.5 Å². The number of nitro benzene ring substituents is 1. The highest BCUT2D eigenvalue weighted by molar-refractivity contribution is 6.06. The average Bonchev–Trinajstić information content (AvgIpc) is 3.05. The van der Waals surface area contributed by atoms with Crippen molar-refractivity contribution in [1.82, 2.24) is 5.32 Å². The Kier molecular flexibility index (Phi) is 9.16. The summed E-state index contributed by atoms with van der Waals surface area (Å²) in [6.45, 7) is 3.29. The Hall–Kier alpha value is -5.38. The van der Waals surface area contributed by atoms with Crippen molar-refractivity contribution in [3.8, 4) is 5.75 Å². The average molecular weight is 580 g/mol. The smallest absolute Gasteiger partial charge is 0.270 e. The second-order valence-electron chi connectivity index (χ2n) is 10.1. The van der Waals surface area contributed by atoms with Gasteiger partial charge in [-0.05, 0) is 48.4 Å². The number of amides is 2. The van der Waals surface area contributed by atoms with Gasteiger partial charge in [0.1, 0.15) is 5.75 Å². The maximum atomic E-state index is 13.5. The number of hydrogen-bond donors (Lipinski definition) is 2. The molecule has 0 unspecified atom stereocenters. The Morgan fingerprint density at radius 3 is 2.23 bits per heavy atom. The summed E-state index contributed by atoms with van der Waals surface area (Å²) in [6, 6.07) is 28.6. The standard InChI is InChI=1S/C33H33N5O5/c1-43-31-13-6-5-12-30(31)37-20-18-36(19-21-37)29-15-14-26(35-32(39)25-10-7-11-27(22-25)38(41)42)23-28(29)33(40)34-17-16-24-8-3-2-4-9-24/h2-15,22-23H,16-21H2,1H3,(H,34,40)(H,35,39). The van der Waals surface area contributed by atoms with Gasteiger partial charge in [-0.15, -0.1) is 0 Å². The van der Waals surface area contributed by atoms with Crippen molar-refractivity contribution in [2.24, 2.45) is 0 Å². The van der Waals surface area contributed by atoms with E-state index in [1.807, 2.05) is 60.7 Å². The molecule has 0 atom stereocenters. The van der Waals surface area contributed by atoms with Crippen LogP contribution in [0.1, 0.15) is 26.3 Å². The number of nitrogens with one attached hydrogen (secondary N) is 2. The zero-order chi connectivity index (χ0) is 30.2. The summed E-state index contributed by atoms with van der Waals surface area (Å²) in [6.07, 6.45) is 0.683. The first-order valence-electron chi connectivity index (χ1n) is 14.1. The number of anilines is 3. The lowest BCUT2D eigenvalue weighted by Crippen LogP contribution is -2.47. The van der Waals surface area contributed by atoms with Crippen LogP contribution in [0.25, 0.3) is 0 Å². The summed E-state index contributed by atoms with van der Waals surface area (Å²) in [5, 5.41) is 17.0. The van der Waals surface area contributed by atoms with E-state index < -0.39 is 10.8 Å². The fourth-order valence-corrected chi connectivity index (χ4v) is 5.17. The Morgan fingerprint density at radius 2 is 1.51 bits per heavy atom. The summed E-state index contributed by atoms with van der Waals surface area (Å²) < 4.78 is 5.55. The fourth-order valence-electron chi connectivity index (χ4n) is 5.17. The van der Waals surface area contributed by atoms with Gasteiger partial charge in [0.15, 0.2) is 0 Å². The molecule has 1 fully saturated rings. The Bertz CT molecular complexity index is 1600. The Labute approximate surface area is 250 Å². The number of ether oxygens (including phenoxy) is 1. The molecule has 1 saturated heterocycles. The lowest BCUT2D eigenvalue weighted by Gasteiger charge is -2.38. The van der Waals surface area contributed by atoms with Gasteiger partial charge in [0.2, 0.25) is 0 Å². The summed E-state index contributed by atoms with van der Waals surface area (Å²) in [5.41, 5.74) is 3.76. The summed E-state index contributed by atoms with van der Waals surface area (Å²) in [4.78, 5) is 41.6. The van der Waals surface area contributed by atoms with E-state index in [-0.39, 0.29) is 17.2 Å². The summed E-state index contributed by atoms with van der Waals surface area (Å²) in [7, 11) is 1.66. The van der Waals surface area contributed by atoms with Gasteiger partial charge < -0.3 is 25.2 Å². The van der Waals surface area contributed by atoms with Gasteiger partial charge in [-0.1, -0.05) is 48.5 Å². The molecule has 0 aliphatic carbocycles. The van der Waals surface area contributed by atoms with Crippen molar-refractivity contribution in [2.75, 3.05) is 55.0 Å². The topological polar surface area (TPSA) is 117 Å². The molecule has 1 aliphatic rings. The Balaban J connectivity index is 1.35. The molecule has 10 nitrogen and oxygen atoms in total. The maximum Gasteiger partial charge on any atom is 0.270 e. The fraction of sp³-hybridized carbons (Fsp3) is 0.212. The van der Waals surface area contributed by atoms with E-state index in [2.05, 4.69) is 20.4 Å². The van der Waals surface area contributed by atoms with Gasteiger partial charge in [0.05, 0.1) is 23.3 Å². The van der Waals surface area contributed by atoms with Crippen LogP contribution < -0.4 is 25.2 Å². The van der Waals surface area contributed by atoms with Crippen LogP contribution in [0.15, 0.2) is 97.1 Å². The minimum absolute atomic E-state index is 0.152. The second kappa shape index (κ2) is 13.5. The number of nitrogens with zero attached hydrogens (tertiary/aromatic N) is 3. The molecule has 0 aromatic heterocycles. The highest BCUT2D eigenvalue weighted by Gasteiger charge is 2.24. The number of carbonyl (C=O) groups excluding carboxylic acids is 2. The molecule has 0 radical (unpaired) electrons. The van der Waals surface area contributed by atoms with Crippen LogP contribution >= 0.6 is 0 Å². The molecule has 2 N–H and O–H groups in total. The maximum absolute atomic E-state index is 13.5. The normalized spacial score (nSPS) is 12.9. The molecule has 43 heavy (non-hydrogen) atoms. The first-order chi connectivity index (χ1) is 20.9. The summed E-state index contributed by atoms with van der Waals surface area (Å²) >= 11 is 0. The van der Waals surface area contributed by atoms with Gasteiger partial charge >= 0.3 is 0 Å². The van der Waals surface area contributed by atoms with E-state index in [1.165, 1.54) is 24.3 Å². The van der Waals surface area contributed by atoms with Crippen LogP contribution in [0.4, 0.5) is 22.7 Å². The number of non-ortho nitro benzene ring substituents is 1. The van der Waals surface area contributed by atoms with E-state index in [0.29, 0.717) is 37.3 Å². The predicted octanol–water partition coefficient (Wildman–Crippen LogP) is 5.15. The number of para-hydroxylation sites is 2. The van der Waals surface area contributed by atoms with Gasteiger partial charge in [-0.3, -0.25) is 19.7 Å². The summed E-state index contributed by atoms with van der Waals surface area (Å²) in [5.74, 6) is 0.0696. The molecular weight excluding hydrogens is 546 g/mol. The highest BCUT2D eigenvalue weighted by Crippen LogP contribution is 2.31. The Morgan fingerprint density at radius 1 is 0.814 bits per heavy atom. The third-order valence-electron chi connectivity index (χ3n) is 7.41. The van der Waals surface area contributed by atoms with E-state index in [4.69, 9.17) is 4.74 Å². The number of benzene rings is 4. The monoisotopic (exact) mass is 579 g/mol. The zero-order valence-electron chi connectivity index (χ0n) is 23.9. The largest absolute Gasteiger partial charge is 0.495 e. The molecule has 0 spiro atoms.